The molecule has 2 fully saturated rings. The Labute approximate surface area is 193 Å². The molecule has 0 saturated heterocycles. The number of rotatable bonds is 7. The van der Waals surface area contributed by atoms with E-state index >= 15 is 0 Å². The van der Waals surface area contributed by atoms with Crippen LogP contribution in [0.15, 0.2) is 38.9 Å². The Bertz CT molecular complexity index is 1400. The Hall–Kier alpha value is -3.27. The van der Waals surface area contributed by atoms with Crippen LogP contribution in [0.2, 0.25) is 0 Å². The number of nitrogens with zero attached hydrogens (tertiary/aromatic N) is 3. The van der Waals surface area contributed by atoms with Gasteiger partial charge >= 0.3 is 5.69 Å². The maximum absolute atomic E-state index is 13.0. The quantitative estimate of drug-likeness (QED) is 0.312. The van der Waals surface area contributed by atoms with Crippen molar-refractivity contribution in [1.29, 1.82) is 0 Å². The van der Waals surface area contributed by atoms with Gasteiger partial charge in [0.1, 0.15) is 16.2 Å². The molecule has 33 heavy (non-hydrogen) atoms. The molecule has 1 atom stereocenters. The van der Waals surface area contributed by atoms with Gasteiger partial charge in [-0.25, -0.2) is 14.8 Å². The van der Waals surface area contributed by atoms with Crippen molar-refractivity contribution in [1.82, 2.24) is 19.5 Å². The molecule has 2 aliphatic carbocycles. The molecule has 2 N–H and O–H groups in total. The van der Waals surface area contributed by atoms with Gasteiger partial charge in [0, 0.05) is 17.5 Å². The minimum absolute atomic E-state index is 0.0282. The highest BCUT2D eigenvalue weighted by atomic mass is 32.2. The Morgan fingerprint density at radius 2 is 1.88 bits per heavy atom. The number of nitrogens with one attached hydrogen (secondary N) is 2. The number of hydrogen-bond acceptors (Lipinski definition) is 7. The van der Waals surface area contributed by atoms with Crippen molar-refractivity contribution < 1.29 is 9.59 Å². The summed E-state index contributed by atoms with van der Waals surface area (Å²) in [5, 5.41) is 2.82. The molecule has 2 saturated carbocycles. The molecule has 0 bridgehead atoms. The van der Waals surface area contributed by atoms with Crippen LogP contribution in [-0.2, 0) is 4.79 Å². The molecule has 3 aromatic rings. The normalized spacial score (nSPS) is 16.5. The number of amides is 1. The Morgan fingerprint density at radius 3 is 2.55 bits per heavy atom. The number of ketones is 1. The summed E-state index contributed by atoms with van der Waals surface area (Å²) >= 11 is 1.15. The number of aromatic amines is 1. The van der Waals surface area contributed by atoms with Gasteiger partial charge in [-0.05, 0) is 51.7 Å². The summed E-state index contributed by atoms with van der Waals surface area (Å²) in [7, 11) is 0. The van der Waals surface area contributed by atoms with Gasteiger partial charge in [-0.15, -0.1) is 0 Å². The largest absolute Gasteiger partial charge is 0.330 e. The van der Waals surface area contributed by atoms with Gasteiger partial charge in [-0.2, -0.15) is 0 Å². The SMILES string of the molecule is CC(=O)c1ccccc1NC(=O)C(C)Sc1nc(C2CC2)nc2c1c(=O)[nH]c(=O)n2C1CC1. The fourth-order valence-corrected chi connectivity index (χ4v) is 4.72. The predicted octanol–water partition coefficient (Wildman–Crippen LogP) is 3.01. The molecule has 2 heterocycles. The zero-order valence-electron chi connectivity index (χ0n) is 18.3. The van der Waals surface area contributed by atoms with Crippen molar-refractivity contribution in [3.8, 4) is 0 Å². The first-order chi connectivity index (χ1) is 15.8. The third-order valence-corrected chi connectivity index (χ3v) is 6.93. The molecule has 9 nitrogen and oxygen atoms in total. The van der Waals surface area contributed by atoms with Crippen LogP contribution >= 0.6 is 11.8 Å². The van der Waals surface area contributed by atoms with E-state index in [-0.39, 0.29) is 29.0 Å². The molecule has 0 spiro atoms. The highest BCUT2D eigenvalue weighted by molar-refractivity contribution is 8.00. The van der Waals surface area contributed by atoms with Gasteiger partial charge in [0.15, 0.2) is 11.4 Å². The van der Waals surface area contributed by atoms with Crippen LogP contribution in [0.1, 0.15) is 67.7 Å². The summed E-state index contributed by atoms with van der Waals surface area (Å²) in [6.07, 6.45) is 3.65. The second kappa shape index (κ2) is 8.26. The third-order valence-electron chi connectivity index (χ3n) is 5.84. The average molecular weight is 466 g/mol. The summed E-state index contributed by atoms with van der Waals surface area (Å²) in [6.45, 7) is 3.16. The molecule has 2 aliphatic rings. The minimum Gasteiger partial charge on any atom is -0.324 e. The lowest BCUT2D eigenvalue weighted by Gasteiger charge is -2.16. The van der Waals surface area contributed by atoms with Crippen LogP contribution in [0.4, 0.5) is 5.69 Å². The van der Waals surface area contributed by atoms with Crippen LogP contribution in [0.5, 0.6) is 0 Å². The number of carbonyl (C=O) groups excluding carboxylic acids is 2. The summed E-state index contributed by atoms with van der Waals surface area (Å²) in [6, 6.07) is 6.85. The fraction of sp³-hybridized carbons (Fsp3) is 0.391. The Balaban J connectivity index is 1.51. The van der Waals surface area contributed by atoms with Crippen molar-refractivity contribution in [2.75, 3.05) is 5.32 Å². The van der Waals surface area contributed by atoms with Gasteiger partial charge < -0.3 is 5.32 Å². The lowest BCUT2D eigenvalue weighted by atomic mass is 10.1. The molecular formula is C23H23N5O4S. The zero-order chi connectivity index (χ0) is 23.3. The lowest BCUT2D eigenvalue weighted by Crippen LogP contribution is -2.31. The first-order valence-electron chi connectivity index (χ1n) is 11.0. The smallest absolute Gasteiger partial charge is 0.324 e. The van der Waals surface area contributed by atoms with E-state index in [0.29, 0.717) is 27.7 Å². The number of H-pyrrole nitrogens is 1. The maximum Gasteiger partial charge on any atom is 0.330 e. The van der Waals surface area contributed by atoms with E-state index in [0.717, 1.165) is 37.4 Å². The van der Waals surface area contributed by atoms with E-state index in [1.807, 2.05) is 0 Å². The summed E-state index contributed by atoms with van der Waals surface area (Å²) in [4.78, 5) is 61.8. The van der Waals surface area contributed by atoms with E-state index in [1.54, 1.807) is 35.8 Å². The second-order valence-electron chi connectivity index (χ2n) is 8.57. The molecule has 10 heteroatoms. The number of benzene rings is 1. The number of para-hydroxylation sites is 1. The molecule has 1 aromatic carbocycles. The van der Waals surface area contributed by atoms with Gasteiger partial charge in [-0.1, -0.05) is 23.9 Å². The van der Waals surface area contributed by atoms with E-state index < -0.39 is 16.5 Å². The number of aromatic nitrogens is 4. The molecule has 1 amide bonds. The first kappa shape index (κ1) is 21.6. The molecule has 1 unspecified atom stereocenters. The van der Waals surface area contributed by atoms with Crippen LogP contribution in [0.3, 0.4) is 0 Å². The van der Waals surface area contributed by atoms with E-state index in [4.69, 9.17) is 0 Å². The zero-order valence-corrected chi connectivity index (χ0v) is 19.1. The molecule has 2 aromatic heterocycles. The summed E-state index contributed by atoms with van der Waals surface area (Å²) in [5.74, 6) is 0.355. The van der Waals surface area contributed by atoms with Crippen molar-refractivity contribution in [3.05, 3.63) is 56.5 Å². The Kier molecular flexibility index (Phi) is 5.40. The molecule has 170 valence electrons. The topological polar surface area (TPSA) is 127 Å². The number of fused-ring (bicyclic) bond motifs is 1. The van der Waals surface area contributed by atoms with Crippen LogP contribution in [0, 0.1) is 0 Å². The fourth-order valence-electron chi connectivity index (χ4n) is 3.77. The predicted molar refractivity (Wildman–Crippen MR) is 125 cm³/mol. The highest BCUT2D eigenvalue weighted by Gasteiger charge is 2.33. The number of anilines is 1. The molecule has 0 radical (unpaired) electrons. The number of hydrogen-bond donors (Lipinski definition) is 2. The van der Waals surface area contributed by atoms with Gasteiger partial charge in [0.25, 0.3) is 5.56 Å². The van der Waals surface area contributed by atoms with Crippen molar-refractivity contribution >= 4 is 40.2 Å². The van der Waals surface area contributed by atoms with E-state index in [2.05, 4.69) is 20.3 Å². The molecule has 0 aliphatic heterocycles. The van der Waals surface area contributed by atoms with Crippen LogP contribution in [0.25, 0.3) is 11.0 Å². The summed E-state index contributed by atoms with van der Waals surface area (Å²) < 4.78 is 1.56. The van der Waals surface area contributed by atoms with Crippen LogP contribution in [-0.4, -0.2) is 36.5 Å². The minimum atomic E-state index is -0.615. The van der Waals surface area contributed by atoms with Crippen molar-refractivity contribution in [2.45, 2.75) is 61.8 Å². The number of thioether (sulfide) groups is 1. The third kappa shape index (κ3) is 4.22. The maximum atomic E-state index is 13.0. The van der Waals surface area contributed by atoms with E-state index in [9.17, 15) is 19.2 Å². The van der Waals surface area contributed by atoms with Crippen molar-refractivity contribution in [2.24, 2.45) is 0 Å². The van der Waals surface area contributed by atoms with Gasteiger partial charge in [-0.3, -0.25) is 23.9 Å². The molecular weight excluding hydrogens is 442 g/mol. The van der Waals surface area contributed by atoms with Crippen LogP contribution < -0.4 is 16.6 Å². The summed E-state index contributed by atoms with van der Waals surface area (Å²) in [5.41, 5.74) is 0.204. The second-order valence-corrected chi connectivity index (χ2v) is 9.90. The number of Topliss-reactive ketones (excluding diaryl/α,β-unsaturated/α-hetero) is 1. The monoisotopic (exact) mass is 465 g/mol. The standard InChI is InChI=1S/C23H23N5O4S/c1-11(29)15-5-3-4-6-16(15)24-20(30)12(2)33-22-17-19(25-18(26-22)13-7-8-13)28(14-9-10-14)23(32)27-21(17)31/h3-6,12-14H,7-10H2,1-2H3,(H,24,30)(H,27,31,32). The molecule has 5 rings (SSSR count). The Morgan fingerprint density at radius 1 is 1.15 bits per heavy atom. The van der Waals surface area contributed by atoms with Gasteiger partial charge in [0.05, 0.1) is 10.9 Å². The lowest BCUT2D eigenvalue weighted by molar-refractivity contribution is -0.115. The average Bonchev–Trinajstić information content (AvgIpc) is 3.67. The first-order valence-corrected chi connectivity index (χ1v) is 11.9. The number of carbonyl (C=O) groups is 2. The van der Waals surface area contributed by atoms with E-state index in [1.165, 1.54) is 6.92 Å². The van der Waals surface area contributed by atoms with Crippen molar-refractivity contribution in [3.63, 3.8) is 0 Å². The highest BCUT2D eigenvalue weighted by Crippen LogP contribution is 2.41. The van der Waals surface area contributed by atoms with Gasteiger partial charge in [0.2, 0.25) is 5.91 Å².